The van der Waals surface area contributed by atoms with Crippen LogP contribution in [0.5, 0.6) is 0 Å². The van der Waals surface area contributed by atoms with E-state index in [4.69, 9.17) is 4.98 Å². The number of hydrogen-bond donors (Lipinski definition) is 2. The molecular formula is C24H28N4O2. The van der Waals surface area contributed by atoms with Crippen molar-refractivity contribution in [2.45, 2.75) is 25.5 Å². The second-order valence-corrected chi connectivity index (χ2v) is 8.04. The van der Waals surface area contributed by atoms with E-state index in [9.17, 15) is 9.90 Å². The van der Waals surface area contributed by atoms with Crippen LogP contribution >= 0.6 is 0 Å². The Morgan fingerprint density at radius 1 is 1.20 bits per heavy atom. The highest BCUT2D eigenvalue weighted by atomic mass is 16.3. The van der Waals surface area contributed by atoms with Crippen molar-refractivity contribution < 1.29 is 9.90 Å². The molecule has 0 saturated carbocycles. The standard InChI is InChI=1S/C24H28N4O2/c1-16(23(30)17-9-5-4-6-10-17)28(3)15-21(29)26-22-18-11-7-8-12-20(18)25-24-19(22)13-14-27(24)2/h4-12,16,23,30H,13-15H2,1-3H3,(H,25,26,29)/t16-,23+/m0/s1. The first-order valence-corrected chi connectivity index (χ1v) is 10.3. The largest absolute Gasteiger partial charge is 0.387 e. The molecule has 6 nitrogen and oxygen atoms in total. The van der Waals surface area contributed by atoms with Gasteiger partial charge >= 0.3 is 0 Å². The Balaban J connectivity index is 1.53. The van der Waals surface area contributed by atoms with Crippen LogP contribution in [0.2, 0.25) is 0 Å². The summed E-state index contributed by atoms with van der Waals surface area (Å²) in [6.45, 7) is 3.01. The molecule has 1 aliphatic rings. The summed E-state index contributed by atoms with van der Waals surface area (Å²) in [5.41, 5.74) is 3.67. The Morgan fingerprint density at radius 3 is 2.67 bits per heavy atom. The molecule has 0 bridgehead atoms. The molecule has 0 fully saturated rings. The van der Waals surface area contributed by atoms with Gasteiger partial charge in [-0.2, -0.15) is 0 Å². The zero-order chi connectivity index (χ0) is 21.3. The molecule has 6 heteroatoms. The lowest BCUT2D eigenvalue weighted by Gasteiger charge is -2.28. The van der Waals surface area contributed by atoms with E-state index in [0.29, 0.717) is 0 Å². The Kier molecular flexibility index (Phi) is 5.70. The molecule has 30 heavy (non-hydrogen) atoms. The monoisotopic (exact) mass is 404 g/mol. The van der Waals surface area contributed by atoms with E-state index in [-0.39, 0.29) is 18.5 Å². The van der Waals surface area contributed by atoms with E-state index >= 15 is 0 Å². The lowest BCUT2D eigenvalue weighted by atomic mass is 10.0. The first-order valence-electron chi connectivity index (χ1n) is 10.3. The first-order chi connectivity index (χ1) is 14.5. The van der Waals surface area contributed by atoms with Gasteiger partial charge < -0.3 is 15.3 Å². The molecule has 0 radical (unpaired) electrons. The van der Waals surface area contributed by atoms with Crippen LogP contribution in [0.4, 0.5) is 11.5 Å². The fourth-order valence-corrected chi connectivity index (χ4v) is 4.04. The van der Waals surface area contributed by atoms with Crippen molar-refractivity contribution in [3.05, 3.63) is 65.7 Å². The van der Waals surface area contributed by atoms with E-state index in [1.807, 2.05) is 80.5 Å². The Labute approximate surface area is 177 Å². The second-order valence-electron chi connectivity index (χ2n) is 8.04. The Hall–Kier alpha value is -2.96. The molecule has 4 rings (SSSR count). The molecule has 1 aromatic heterocycles. The number of aliphatic hydroxyl groups excluding tert-OH is 1. The number of fused-ring (bicyclic) bond motifs is 2. The number of nitrogens with zero attached hydrogens (tertiary/aromatic N) is 3. The van der Waals surface area contributed by atoms with Gasteiger partial charge in [-0.3, -0.25) is 9.69 Å². The molecule has 2 heterocycles. The fourth-order valence-electron chi connectivity index (χ4n) is 4.04. The number of aromatic nitrogens is 1. The van der Waals surface area contributed by atoms with E-state index in [2.05, 4.69) is 10.2 Å². The Morgan fingerprint density at radius 2 is 1.90 bits per heavy atom. The smallest absolute Gasteiger partial charge is 0.238 e. The van der Waals surface area contributed by atoms with Crippen LogP contribution < -0.4 is 10.2 Å². The third-order valence-corrected chi connectivity index (χ3v) is 5.98. The van der Waals surface area contributed by atoms with Gasteiger partial charge in [0, 0.05) is 30.6 Å². The number of pyridine rings is 1. The summed E-state index contributed by atoms with van der Waals surface area (Å²) in [6, 6.07) is 17.2. The molecule has 2 aromatic carbocycles. The number of para-hydroxylation sites is 1. The maximum Gasteiger partial charge on any atom is 0.238 e. The highest BCUT2D eigenvalue weighted by molar-refractivity contribution is 6.04. The molecule has 0 aliphatic carbocycles. The van der Waals surface area contributed by atoms with Gasteiger partial charge in [-0.15, -0.1) is 0 Å². The van der Waals surface area contributed by atoms with Crippen molar-refractivity contribution in [3.63, 3.8) is 0 Å². The third kappa shape index (κ3) is 3.88. The van der Waals surface area contributed by atoms with Gasteiger partial charge in [0.2, 0.25) is 5.91 Å². The van der Waals surface area contributed by atoms with Crippen molar-refractivity contribution >= 4 is 28.3 Å². The molecule has 0 unspecified atom stereocenters. The lowest BCUT2D eigenvalue weighted by molar-refractivity contribution is -0.117. The number of likely N-dealkylation sites (N-methyl/N-ethyl adjacent to an activating group) is 2. The van der Waals surface area contributed by atoms with Crippen LogP contribution in [0.25, 0.3) is 10.9 Å². The van der Waals surface area contributed by atoms with E-state index in [0.717, 1.165) is 46.5 Å². The summed E-state index contributed by atoms with van der Waals surface area (Å²) in [5.74, 6) is 0.836. The molecule has 0 spiro atoms. The summed E-state index contributed by atoms with van der Waals surface area (Å²) in [4.78, 5) is 21.7. The van der Waals surface area contributed by atoms with Crippen LogP contribution in [-0.2, 0) is 11.2 Å². The van der Waals surface area contributed by atoms with Gasteiger partial charge in [0.05, 0.1) is 23.9 Å². The van der Waals surface area contributed by atoms with Crippen molar-refractivity contribution in [3.8, 4) is 0 Å². The summed E-state index contributed by atoms with van der Waals surface area (Å²) in [7, 11) is 3.89. The van der Waals surface area contributed by atoms with E-state index in [1.165, 1.54) is 0 Å². The van der Waals surface area contributed by atoms with Crippen molar-refractivity contribution in [2.24, 2.45) is 0 Å². The van der Waals surface area contributed by atoms with Crippen LogP contribution in [0.15, 0.2) is 54.6 Å². The molecule has 0 saturated heterocycles. The molecular weight excluding hydrogens is 376 g/mol. The predicted octanol–water partition coefficient (Wildman–Crippen LogP) is 3.22. The average molecular weight is 405 g/mol. The number of carbonyl (C=O) groups excluding carboxylic acids is 1. The minimum Gasteiger partial charge on any atom is -0.387 e. The van der Waals surface area contributed by atoms with Crippen LogP contribution in [0.1, 0.15) is 24.2 Å². The SMILES string of the molecule is C[C@@H]([C@@H](O)c1ccccc1)N(C)CC(=O)Nc1c2c(nc3ccccc13)N(C)CC2. The van der Waals surface area contributed by atoms with Crippen molar-refractivity contribution in [1.82, 2.24) is 9.88 Å². The van der Waals surface area contributed by atoms with Crippen LogP contribution in [0.3, 0.4) is 0 Å². The number of hydrogen-bond acceptors (Lipinski definition) is 5. The fraction of sp³-hybridized carbons (Fsp3) is 0.333. The minimum absolute atomic E-state index is 0.0993. The maximum absolute atomic E-state index is 12.9. The topological polar surface area (TPSA) is 68.7 Å². The minimum atomic E-state index is -0.663. The second kappa shape index (κ2) is 8.42. The van der Waals surface area contributed by atoms with Gasteiger partial charge in [-0.05, 0) is 32.0 Å². The quantitative estimate of drug-likeness (QED) is 0.660. The van der Waals surface area contributed by atoms with E-state index in [1.54, 1.807) is 0 Å². The highest BCUT2D eigenvalue weighted by Crippen LogP contribution is 2.36. The molecule has 1 amide bonds. The van der Waals surface area contributed by atoms with Gasteiger partial charge in [-0.25, -0.2) is 4.98 Å². The number of amides is 1. The number of benzene rings is 2. The normalized spacial score (nSPS) is 15.3. The lowest BCUT2D eigenvalue weighted by Crippen LogP contribution is -2.39. The summed E-state index contributed by atoms with van der Waals surface area (Å²) < 4.78 is 0. The highest BCUT2D eigenvalue weighted by Gasteiger charge is 2.26. The Bertz CT molecular complexity index is 1050. The average Bonchev–Trinajstić information content (AvgIpc) is 3.13. The molecule has 1 aliphatic heterocycles. The molecule has 3 aromatic rings. The number of carbonyl (C=O) groups is 1. The molecule has 2 atom stereocenters. The maximum atomic E-state index is 12.9. The number of nitrogens with one attached hydrogen (secondary N) is 1. The predicted molar refractivity (Wildman–Crippen MR) is 121 cm³/mol. The summed E-state index contributed by atoms with van der Waals surface area (Å²) in [5, 5.41) is 14.8. The van der Waals surface area contributed by atoms with Gasteiger partial charge in [0.15, 0.2) is 0 Å². The van der Waals surface area contributed by atoms with Crippen LogP contribution in [-0.4, -0.2) is 54.1 Å². The first kappa shape index (κ1) is 20.3. The summed E-state index contributed by atoms with van der Waals surface area (Å²) in [6.07, 6.45) is 0.196. The van der Waals surface area contributed by atoms with Gasteiger partial charge in [0.25, 0.3) is 0 Å². The number of aliphatic hydroxyl groups is 1. The number of anilines is 2. The van der Waals surface area contributed by atoms with Gasteiger partial charge in [0.1, 0.15) is 5.82 Å². The van der Waals surface area contributed by atoms with Crippen molar-refractivity contribution in [1.29, 1.82) is 0 Å². The zero-order valence-electron chi connectivity index (χ0n) is 17.7. The van der Waals surface area contributed by atoms with Gasteiger partial charge in [-0.1, -0.05) is 48.5 Å². The zero-order valence-corrected chi connectivity index (χ0v) is 17.7. The number of rotatable bonds is 6. The van der Waals surface area contributed by atoms with Crippen molar-refractivity contribution in [2.75, 3.05) is 37.4 Å². The summed E-state index contributed by atoms with van der Waals surface area (Å²) >= 11 is 0. The van der Waals surface area contributed by atoms with E-state index < -0.39 is 6.10 Å². The molecule has 2 N–H and O–H groups in total. The molecule has 156 valence electrons. The third-order valence-electron chi connectivity index (χ3n) is 5.98. The van der Waals surface area contributed by atoms with Crippen LogP contribution in [0, 0.1) is 0 Å².